The van der Waals surface area contributed by atoms with Gasteiger partial charge in [-0.25, -0.2) is 23.1 Å². The lowest BCUT2D eigenvalue weighted by Gasteiger charge is -2.30. The molecule has 2 atom stereocenters. The Kier molecular flexibility index (Phi) is 7.97. The highest BCUT2D eigenvalue weighted by atomic mass is 32.2. The molecule has 1 aliphatic rings. The van der Waals surface area contributed by atoms with Crippen molar-refractivity contribution >= 4 is 33.0 Å². The Morgan fingerprint density at radius 1 is 1.21 bits per heavy atom. The molecule has 0 fully saturated rings. The van der Waals surface area contributed by atoms with Gasteiger partial charge in [0.1, 0.15) is 5.82 Å². The Bertz CT molecular complexity index is 1560. The Balaban J connectivity index is 1.46. The van der Waals surface area contributed by atoms with Gasteiger partial charge < -0.3 is 9.47 Å². The molecule has 0 saturated heterocycles. The zero-order valence-electron chi connectivity index (χ0n) is 22.4. The molecular formula is C29H33N5O3S2. The number of carbonyl (C=O) groups is 1. The average Bonchev–Trinajstić information content (AvgIpc) is 3.59. The molecule has 0 unspecified atom stereocenters. The van der Waals surface area contributed by atoms with Crippen LogP contribution >= 0.6 is 11.3 Å². The van der Waals surface area contributed by atoms with Crippen LogP contribution in [0.1, 0.15) is 65.7 Å². The summed E-state index contributed by atoms with van der Waals surface area (Å²) in [4.78, 5) is 24.6. The molecule has 39 heavy (non-hydrogen) atoms. The molecule has 0 radical (unpaired) electrons. The smallest absolute Gasteiger partial charge is 0.241 e. The van der Waals surface area contributed by atoms with Gasteiger partial charge in [-0.2, -0.15) is 0 Å². The van der Waals surface area contributed by atoms with Gasteiger partial charge in [-0.1, -0.05) is 25.1 Å². The summed E-state index contributed by atoms with van der Waals surface area (Å²) in [6.45, 7) is 4.20. The highest BCUT2D eigenvalue weighted by molar-refractivity contribution is 7.89. The van der Waals surface area contributed by atoms with E-state index < -0.39 is 10.0 Å². The van der Waals surface area contributed by atoms with E-state index >= 15 is 0 Å². The van der Waals surface area contributed by atoms with Crippen LogP contribution < -0.4 is 9.62 Å². The minimum Gasteiger partial charge on any atom is -0.337 e. The number of anilines is 1. The number of fused-ring (bicyclic) bond motifs is 1. The van der Waals surface area contributed by atoms with Gasteiger partial charge in [-0.3, -0.25) is 4.79 Å². The van der Waals surface area contributed by atoms with E-state index in [9.17, 15) is 13.2 Å². The monoisotopic (exact) mass is 563 g/mol. The van der Waals surface area contributed by atoms with Crippen molar-refractivity contribution in [2.45, 2.75) is 62.9 Å². The van der Waals surface area contributed by atoms with Crippen molar-refractivity contribution in [3.63, 3.8) is 0 Å². The highest BCUT2D eigenvalue weighted by Crippen LogP contribution is 2.35. The summed E-state index contributed by atoms with van der Waals surface area (Å²) >= 11 is 1.55. The van der Waals surface area contributed by atoms with Crippen LogP contribution in [0.4, 0.5) is 5.69 Å². The van der Waals surface area contributed by atoms with Crippen molar-refractivity contribution in [2.75, 3.05) is 4.90 Å². The first kappa shape index (κ1) is 27.2. The first-order valence-electron chi connectivity index (χ1n) is 13.1. The second-order valence-electron chi connectivity index (χ2n) is 10.2. The summed E-state index contributed by atoms with van der Waals surface area (Å²) in [5.74, 6) is 0.709. The van der Waals surface area contributed by atoms with E-state index in [0.29, 0.717) is 19.4 Å². The van der Waals surface area contributed by atoms with E-state index in [-0.39, 0.29) is 22.8 Å². The van der Waals surface area contributed by atoms with Crippen molar-refractivity contribution < 1.29 is 13.2 Å². The fourth-order valence-electron chi connectivity index (χ4n) is 5.07. The van der Waals surface area contributed by atoms with Crippen LogP contribution in [0.25, 0.3) is 0 Å². The largest absolute Gasteiger partial charge is 0.337 e. The molecule has 5 rings (SSSR count). The van der Waals surface area contributed by atoms with Gasteiger partial charge in [0.15, 0.2) is 0 Å². The van der Waals surface area contributed by atoms with Crippen LogP contribution in [0.15, 0.2) is 71.3 Å². The number of benzene rings is 2. The van der Waals surface area contributed by atoms with E-state index in [4.69, 9.17) is 0 Å². The zero-order chi connectivity index (χ0) is 27.6. The molecule has 2 aromatic carbocycles. The van der Waals surface area contributed by atoms with Gasteiger partial charge in [-0.15, -0.1) is 11.3 Å². The lowest BCUT2D eigenvalue weighted by molar-refractivity contribution is -0.119. The van der Waals surface area contributed by atoms with Gasteiger partial charge in [0.05, 0.1) is 16.4 Å². The third-order valence-corrected chi connectivity index (χ3v) is 9.70. The second-order valence-corrected chi connectivity index (χ2v) is 12.8. The maximum atomic E-state index is 13.7. The van der Waals surface area contributed by atoms with E-state index in [2.05, 4.69) is 14.7 Å². The van der Waals surface area contributed by atoms with Crippen LogP contribution in [0.2, 0.25) is 0 Å². The van der Waals surface area contributed by atoms with Gasteiger partial charge in [-0.05, 0) is 67.1 Å². The molecule has 1 N–H and O–H groups in total. The standard InChI is InChI=1S/C29H33N5O3S2/c1-20-6-4-8-24(16-20)39(36,37)32-26-9-5-7-22-10-11-23(18-25(22)26)34(19-27-30-12-14-33(27)3)28(35)17-21(2)29-31-13-15-38-29/h4,6,8,10-16,18,21,26,32H,5,7,9,17,19H2,1-3H3/t21-,26+/m0/s1. The number of nitrogens with zero attached hydrogens (tertiary/aromatic N) is 4. The van der Waals surface area contributed by atoms with Crippen LogP contribution in [0.3, 0.4) is 0 Å². The SMILES string of the molecule is Cc1cccc(S(=O)(=O)N[C@@H]2CCCc3ccc(N(Cc4nccn4C)C(=O)C[C@H](C)c4nccs4)cc32)c1. The minimum atomic E-state index is -3.71. The molecule has 2 heterocycles. The number of sulfonamides is 1. The predicted molar refractivity (Wildman–Crippen MR) is 153 cm³/mol. The molecule has 2 aromatic heterocycles. The van der Waals surface area contributed by atoms with Gasteiger partial charge in [0, 0.05) is 55.1 Å². The molecule has 0 bridgehead atoms. The number of amides is 1. The van der Waals surface area contributed by atoms with Crippen LogP contribution in [-0.4, -0.2) is 28.9 Å². The van der Waals surface area contributed by atoms with Crippen LogP contribution in [0, 0.1) is 6.92 Å². The maximum absolute atomic E-state index is 13.7. The number of carbonyl (C=O) groups excluding carboxylic acids is 1. The summed E-state index contributed by atoms with van der Waals surface area (Å²) in [5.41, 5.74) is 3.64. The van der Waals surface area contributed by atoms with Crippen LogP contribution in [-0.2, 0) is 34.8 Å². The zero-order valence-corrected chi connectivity index (χ0v) is 24.0. The van der Waals surface area contributed by atoms with Gasteiger partial charge in [0.2, 0.25) is 15.9 Å². The van der Waals surface area contributed by atoms with Crippen molar-refractivity contribution in [1.29, 1.82) is 0 Å². The van der Waals surface area contributed by atoms with Crippen molar-refractivity contribution in [2.24, 2.45) is 7.05 Å². The summed E-state index contributed by atoms with van der Waals surface area (Å²) in [6, 6.07) is 12.5. The lowest BCUT2D eigenvalue weighted by Crippen LogP contribution is -2.34. The first-order chi connectivity index (χ1) is 18.7. The fraction of sp³-hybridized carbons (Fsp3) is 0.345. The summed E-state index contributed by atoms with van der Waals surface area (Å²) in [6.07, 6.45) is 8.09. The molecular weight excluding hydrogens is 530 g/mol. The van der Waals surface area contributed by atoms with Gasteiger partial charge in [0.25, 0.3) is 0 Å². The number of aryl methyl sites for hydroxylation is 3. The number of hydrogen-bond donors (Lipinski definition) is 1. The molecule has 10 heteroatoms. The quantitative estimate of drug-likeness (QED) is 0.299. The third kappa shape index (κ3) is 6.13. The fourth-order valence-corrected chi connectivity index (χ4v) is 7.12. The maximum Gasteiger partial charge on any atom is 0.241 e. The Labute approximate surface area is 233 Å². The third-order valence-electron chi connectivity index (χ3n) is 7.23. The minimum absolute atomic E-state index is 0.0205. The molecule has 0 saturated carbocycles. The topological polar surface area (TPSA) is 97.2 Å². The van der Waals surface area contributed by atoms with Crippen molar-refractivity contribution in [1.82, 2.24) is 19.3 Å². The van der Waals surface area contributed by atoms with E-state index in [1.807, 2.05) is 61.3 Å². The molecule has 0 aliphatic heterocycles. The number of nitrogens with one attached hydrogen (secondary N) is 1. The number of aromatic nitrogens is 3. The highest BCUT2D eigenvalue weighted by Gasteiger charge is 2.28. The van der Waals surface area contributed by atoms with E-state index in [1.165, 1.54) is 0 Å². The van der Waals surface area contributed by atoms with E-state index in [1.54, 1.807) is 46.8 Å². The number of rotatable bonds is 9. The molecule has 1 aliphatic carbocycles. The van der Waals surface area contributed by atoms with E-state index in [0.717, 1.165) is 46.1 Å². The Morgan fingerprint density at radius 3 is 2.77 bits per heavy atom. The average molecular weight is 564 g/mol. The van der Waals surface area contributed by atoms with Crippen molar-refractivity contribution in [3.05, 3.63) is 94.0 Å². The summed E-state index contributed by atoms with van der Waals surface area (Å²) in [7, 11) is -1.80. The Morgan fingerprint density at radius 2 is 2.05 bits per heavy atom. The molecule has 0 spiro atoms. The predicted octanol–water partition coefficient (Wildman–Crippen LogP) is 5.27. The number of imidazole rings is 1. The van der Waals surface area contributed by atoms with Crippen molar-refractivity contribution in [3.8, 4) is 0 Å². The van der Waals surface area contributed by atoms with Gasteiger partial charge >= 0.3 is 0 Å². The normalized spacial score (nSPS) is 16.0. The Hall–Kier alpha value is -3.34. The molecule has 4 aromatic rings. The summed E-state index contributed by atoms with van der Waals surface area (Å²) < 4.78 is 31.4. The number of thiazole rings is 1. The molecule has 8 nitrogen and oxygen atoms in total. The molecule has 1 amide bonds. The first-order valence-corrected chi connectivity index (χ1v) is 15.5. The van der Waals surface area contributed by atoms with Crippen LogP contribution in [0.5, 0.6) is 0 Å². The summed E-state index contributed by atoms with van der Waals surface area (Å²) in [5, 5.41) is 2.85. The molecule has 204 valence electrons. The number of hydrogen-bond acceptors (Lipinski definition) is 6. The second kappa shape index (κ2) is 11.4. The lowest BCUT2D eigenvalue weighted by atomic mass is 9.87.